The minimum Gasteiger partial charge on any atom is -0.480 e. The molecule has 0 saturated carbocycles. The molecular weight excluding hydrogens is 332 g/mol. The van der Waals surface area contributed by atoms with Gasteiger partial charge in [0.1, 0.15) is 6.04 Å². The van der Waals surface area contributed by atoms with E-state index in [1.807, 2.05) is 0 Å². The van der Waals surface area contributed by atoms with Crippen molar-refractivity contribution in [2.24, 2.45) is 0 Å². The van der Waals surface area contributed by atoms with Crippen LogP contribution in [-0.2, 0) is 39.2 Å². The first-order valence-electron chi connectivity index (χ1n) is 7.29. The van der Waals surface area contributed by atoms with Crippen LogP contribution in [0, 0.1) is 0 Å². The van der Waals surface area contributed by atoms with Crippen molar-refractivity contribution >= 4 is 16.0 Å². The van der Waals surface area contributed by atoms with Gasteiger partial charge in [-0.3, -0.25) is 9.78 Å². The lowest BCUT2D eigenvalue weighted by Crippen LogP contribution is -2.42. The lowest BCUT2D eigenvalue weighted by atomic mass is 10.1. The smallest absolute Gasteiger partial charge is 0.322 e. The van der Waals surface area contributed by atoms with E-state index >= 15 is 0 Å². The molecule has 1 aliphatic heterocycles. The van der Waals surface area contributed by atoms with E-state index < -0.39 is 22.0 Å². The molecule has 1 unspecified atom stereocenters. The zero-order valence-corrected chi connectivity index (χ0v) is 13.5. The van der Waals surface area contributed by atoms with Crippen molar-refractivity contribution in [2.45, 2.75) is 30.6 Å². The summed E-state index contributed by atoms with van der Waals surface area (Å²) in [5.41, 5.74) is 2.43. The molecule has 2 N–H and O–H groups in total. The Kier molecular flexibility index (Phi) is 4.61. The molecule has 2 heterocycles. The summed E-state index contributed by atoms with van der Waals surface area (Å²) >= 11 is 0. The number of hydrogen-bond donors (Lipinski definition) is 2. The van der Waals surface area contributed by atoms with Crippen molar-refractivity contribution in [3.63, 3.8) is 0 Å². The van der Waals surface area contributed by atoms with E-state index in [-0.39, 0.29) is 11.3 Å². The van der Waals surface area contributed by atoms with Crippen LogP contribution in [0.5, 0.6) is 0 Å². The first kappa shape index (κ1) is 16.6. The Hall–Kier alpha value is -2.29. The molecule has 126 valence electrons. The SMILES string of the molecule is O=C(O)C(Cc1ccncc1)NS(=O)(=O)c1ccc2c(c1)COC2. The molecule has 1 aliphatic rings. The number of carbonyl (C=O) groups is 1. The number of fused-ring (bicyclic) bond motifs is 1. The standard InChI is InChI=1S/C16H16N2O5S/c19-16(20)15(7-11-3-5-17-6-4-11)18-24(21,22)14-2-1-12-9-23-10-13(12)8-14/h1-6,8,15,18H,7,9-10H2,(H,19,20). The van der Waals surface area contributed by atoms with Crippen molar-refractivity contribution in [1.29, 1.82) is 0 Å². The van der Waals surface area contributed by atoms with Crippen LogP contribution in [0.25, 0.3) is 0 Å². The molecule has 0 fully saturated rings. The number of pyridine rings is 1. The first-order chi connectivity index (χ1) is 11.5. The molecule has 0 amide bonds. The van der Waals surface area contributed by atoms with Crippen LogP contribution < -0.4 is 4.72 Å². The Bertz CT molecular complexity index is 852. The highest BCUT2D eigenvalue weighted by Gasteiger charge is 2.26. The third kappa shape index (κ3) is 3.61. The van der Waals surface area contributed by atoms with Gasteiger partial charge in [0.15, 0.2) is 0 Å². The highest BCUT2D eigenvalue weighted by atomic mass is 32.2. The van der Waals surface area contributed by atoms with Gasteiger partial charge in [0, 0.05) is 12.4 Å². The summed E-state index contributed by atoms with van der Waals surface area (Å²) < 4.78 is 32.5. The van der Waals surface area contributed by atoms with Crippen molar-refractivity contribution in [3.8, 4) is 0 Å². The fraction of sp³-hybridized carbons (Fsp3) is 0.250. The number of hydrogen-bond acceptors (Lipinski definition) is 5. The molecule has 0 radical (unpaired) electrons. The second kappa shape index (κ2) is 6.68. The zero-order chi connectivity index (χ0) is 17.2. The van der Waals surface area contributed by atoms with Gasteiger partial charge in [-0.05, 0) is 47.4 Å². The fourth-order valence-corrected chi connectivity index (χ4v) is 3.74. The van der Waals surface area contributed by atoms with Crippen LogP contribution in [0.2, 0.25) is 0 Å². The van der Waals surface area contributed by atoms with Crippen LogP contribution in [0.1, 0.15) is 16.7 Å². The molecule has 0 bridgehead atoms. The second-order valence-corrected chi connectivity index (χ2v) is 7.21. The van der Waals surface area contributed by atoms with E-state index in [9.17, 15) is 18.3 Å². The first-order valence-corrected chi connectivity index (χ1v) is 8.77. The molecule has 3 rings (SSSR count). The molecule has 1 aromatic carbocycles. The van der Waals surface area contributed by atoms with Crippen LogP contribution in [0.4, 0.5) is 0 Å². The third-order valence-corrected chi connectivity index (χ3v) is 5.26. The normalized spacial score (nSPS) is 15.0. The molecule has 8 heteroatoms. The Balaban J connectivity index is 1.82. The van der Waals surface area contributed by atoms with E-state index in [0.29, 0.717) is 18.8 Å². The van der Waals surface area contributed by atoms with Gasteiger partial charge >= 0.3 is 5.97 Å². The Morgan fingerprint density at radius 3 is 2.62 bits per heavy atom. The Morgan fingerprint density at radius 1 is 1.21 bits per heavy atom. The predicted molar refractivity (Wildman–Crippen MR) is 84.6 cm³/mol. The van der Waals surface area contributed by atoms with Gasteiger partial charge in [-0.25, -0.2) is 8.42 Å². The molecule has 0 aliphatic carbocycles. The Labute approximate surface area is 139 Å². The average molecular weight is 348 g/mol. The Morgan fingerprint density at radius 2 is 1.92 bits per heavy atom. The molecular formula is C16H16N2O5S. The van der Waals surface area contributed by atoms with E-state index in [2.05, 4.69) is 9.71 Å². The summed E-state index contributed by atoms with van der Waals surface area (Å²) in [6, 6.07) is 6.71. The number of rotatable bonds is 6. The molecule has 0 spiro atoms. The summed E-state index contributed by atoms with van der Waals surface area (Å²) in [6.45, 7) is 0.820. The summed E-state index contributed by atoms with van der Waals surface area (Å²) in [6.07, 6.45) is 3.09. The number of sulfonamides is 1. The summed E-state index contributed by atoms with van der Waals surface area (Å²) in [7, 11) is -3.95. The van der Waals surface area contributed by atoms with E-state index in [4.69, 9.17) is 4.74 Å². The number of carboxylic acids is 1. The topological polar surface area (TPSA) is 106 Å². The highest BCUT2D eigenvalue weighted by Crippen LogP contribution is 2.23. The monoisotopic (exact) mass is 348 g/mol. The molecule has 0 saturated heterocycles. The van der Waals surface area contributed by atoms with E-state index in [1.165, 1.54) is 24.5 Å². The van der Waals surface area contributed by atoms with Gasteiger partial charge in [0.25, 0.3) is 0 Å². The zero-order valence-electron chi connectivity index (χ0n) is 12.7. The molecule has 24 heavy (non-hydrogen) atoms. The van der Waals surface area contributed by atoms with Crippen LogP contribution in [0.15, 0.2) is 47.6 Å². The van der Waals surface area contributed by atoms with Crippen LogP contribution in [-0.4, -0.2) is 30.5 Å². The lowest BCUT2D eigenvalue weighted by molar-refractivity contribution is -0.138. The quantitative estimate of drug-likeness (QED) is 0.809. The van der Waals surface area contributed by atoms with Gasteiger partial charge in [-0.2, -0.15) is 4.72 Å². The molecule has 1 atom stereocenters. The predicted octanol–water partition coefficient (Wildman–Crippen LogP) is 1.09. The summed E-state index contributed by atoms with van der Waals surface area (Å²) in [5, 5.41) is 9.34. The number of nitrogens with zero attached hydrogens (tertiary/aromatic N) is 1. The minimum absolute atomic E-state index is 0.0329. The van der Waals surface area contributed by atoms with Gasteiger partial charge in [0.2, 0.25) is 10.0 Å². The maximum atomic E-state index is 12.5. The second-order valence-electron chi connectivity index (χ2n) is 5.50. The fourth-order valence-electron chi connectivity index (χ4n) is 2.50. The molecule has 2 aromatic rings. The minimum atomic E-state index is -3.95. The van der Waals surface area contributed by atoms with Crippen molar-refractivity contribution in [1.82, 2.24) is 9.71 Å². The van der Waals surface area contributed by atoms with Crippen molar-refractivity contribution < 1.29 is 23.1 Å². The lowest BCUT2D eigenvalue weighted by Gasteiger charge is -2.15. The number of nitrogens with one attached hydrogen (secondary N) is 1. The van der Waals surface area contributed by atoms with Crippen molar-refractivity contribution in [2.75, 3.05) is 0 Å². The van der Waals surface area contributed by atoms with Crippen molar-refractivity contribution in [3.05, 3.63) is 59.4 Å². The molecule has 7 nitrogen and oxygen atoms in total. The average Bonchev–Trinajstić information content (AvgIpc) is 3.02. The maximum Gasteiger partial charge on any atom is 0.322 e. The largest absolute Gasteiger partial charge is 0.480 e. The van der Waals surface area contributed by atoms with Crippen LogP contribution >= 0.6 is 0 Å². The third-order valence-electron chi connectivity index (χ3n) is 3.79. The maximum absolute atomic E-state index is 12.5. The van der Waals surface area contributed by atoms with E-state index in [0.717, 1.165) is 11.1 Å². The number of aromatic nitrogens is 1. The number of benzene rings is 1. The van der Waals surface area contributed by atoms with Gasteiger partial charge in [0.05, 0.1) is 18.1 Å². The van der Waals surface area contributed by atoms with Gasteiger partial charge in [-0.1, -0.05) is 6.07 Å². The van der Waals surface area contributed by atoms with Gasteiger partial charge < -0.3 is 9.84 Å². The number of carboxylic acid groups (broad SMARTS) is 1. The molecule has 1 aromatic heterocycles. The summed E-state index contributed by atoms with van der Waals surface area (Å²) in [4.78, 5) is 15.3. The van der Waals surface area contributed by atoms with E-state index in [1.54, 1.807) is 18.2 Å². The van der Waals surface area contributed by atoms with Crippen LogP contribution in [0.3, 0.4) is 0 Å². The number of aliphatic carboxylic acids is 1. The number of ether oxygens (including phenoxy) is 1. The van der Waals surface area contributed by atoms with Gasteiger partial charge in [-0.15, -0.1) is 0 Å². The summed E-state index contributed by atoms with van der Waals surface area (Å²) in [5.74, 6) is -1.24. The highest BCUT2D eigenvalue weighted by molar-refractivity contribution is 7.89.